The largest absolute Gasteiger partial charge is 0.182 e. The molecule has 0 amide bonds. The van der Waals surface area contributed by atoms with Crippen LogP contribution < -0.4 is 0 Å². The van der Waals surface area contributed by atoms with Gasteiger partial charge in [0.05, 0.1) is 28.6 Å². The molecule has 6 aromatic heterocycles. The average molecular weight is 1260 g/mol. The molecule has 0 spiro atoms. The van der Waals surface area contributed by atoms with Crippen LogP contribution in [0.5, 0.6) is 0 Å². The van der Waals surface area contributed by atoms with Crippen LogP contribution in [-0.2, 0) is 25.7 Å². The van der Waals surface area contributed by atoms with Gasteiger partial charge in [-0.1, -0.05) is 260 Å². The molecule has 0 atom stereocenters. The third kappa shape index (κ3) is 17.6. The van der Waals surface area contributed by atoms with Gasteiger partial charge in [0.2, 0.25) is 0 Å². The van der Waals surface area contributed by atoms with Crippen molar-refractivity contribution in [2.75, 3.05) is 11.5 Å². The molecule has 0 saturated carbocycles. The van der Waals surface area contributed by atoms with E-state index in [9.17, 15) is 0 Å². The maximum absolute atomic E-state index is 2.82. The Bertz CT molecular complexity index is 2860. The molecule has 0 bridgehead atoms. The minimum atomic E-state index is -1.24. The van der Waals surface area contributed by atoms with Crippen LogP contribution in [-0.4, -0.2) is 11.5 Å². The first-order valence-electron chi connectivity index (χ1n) is 35.7. The van der Waals surface area contributed by atoms with Gasteiger partial charge in [0.25, 0.3) is 0 Å². The van der Waals surface area contributed by atoms with E-state index in [1.54, 1.807) is 85.6 Å². The van der Waals surface area contributed by atoms with E-state index in [2.05, 4.69) is 136 Å². The van der Waals surface area contributed by atoms with Crippen molar-refractivity contribution in [2.45, 2.75) is 348 Å². The van der Waals surface area contributed by atoms with Gasteiger partial charge in [0, 0.05) is 38.7 Å². The smallest absolute Gasteiger partial charge is 0.0599 e. The molecule has 7 aromatic rings. The lowest BCUT2D eigenvalue weighted by atomic mass is 9.94. The molecular weight excluding hydrogens is 1140 g/mol. The Hall–Kier alpha value is -1.19. The maximum atomic E-state index is 2.82. The minimum Gasteiger partial charge on any atom is -0.182 e. The van der Waals surface area contributed by atoms with Gasteiger partial charge in [0.1, 0.15) is 0 Å². The van der Waals surface area contributed by atoms with Crippen molar-refractivity contribution in [3.8, 4) is 19.5 Å². The minimum absolute atomic E-state index is 1.23. The third-order valence-electron chi connectivity index (χ3n) is 19.2. The van der Waals surface area contributed by atoms with E-state index in [1.807, 2.05) is 9.79 Å². The first-order chi connectivity index (χ1) is 40.8. The lowest BCUT2D eigenvalue weighted by molar-refractivity contribution is 0.556. The van der Waals surface area contributed by atoms with Crippen LogP contribution in [0.2, 0.25) is 0 Å². The molecule has 1 aliphatic rings. The van der Waals surface area contributed by atoms with E-state index in [0.29, 0.717) is 0 Å². The molecule has 0 unspecified atom stereocenters. The average Bonchev–Trinajstić information content (AvgIpc) is 1.65. The van der Waals surface area contributed by atoms with E-state index < -0.39 is 10.0 Å². The molecule has 7 heteroatoms. The van der Waals surface area contributed by atoms with Crippen LogP contribution >= 0.6 is 78.0 Å². The molecule has 0 radical (unpaired) electrons. The number of thiophene rings is 6. The van der Waals surface area contributed by atoms with Gasteiger partial charge < -0.3 is 0 Å². The standard InChI is InChI=1S/C76H118S7/c1-9-15-21-27-31-33-35-37-39-45-50-60-63-55-57(7)77-66(63)61(51-46-40-38-36-34-32-28-22-16-10-2)64-56-65(79-67(60)64)68-62(52-44-26-20-14-6)70-72(80-68)76-74(82-70)73-75(71-69(81-73)59(58(8)78-71)49-43-25-19-13-5)83(76,53-47-41-29-23-17-11-3)54-48-42-30-24-18-12-4/h55-56H,9-54H2,1-8H3. The van der Waals surface area contributed by atoms with Crippen molar-refractivity contribution in [3.05, 3.63) is 44.1 Å². The van der Waals surface area contributed by atoms with Gasteiger partial charge in [-0.15, -0.1) is 68.0 Å². The summed E-state index contributed by atoms with van der Waals surface area (Å²) in [6, 6.07) is 5.45. The van der Waals surface area contributed by atoms with Gasteiger partial charge >= 0.3 is 0 Å². The molecule has 464 valence electrons. The molecule has 0 N–H and O–H groups in total. The van der Waals surface area contributed by atoms with Crippen LogP contribution in [0.25, 0.3) is 58.5 Å². The second-order valence-electron chi connectivity index (χ2n) is 26.1. The zero-order valence-corrected chi connectivity index (χ0v) is 60.3. The molecule has 7 heterocycles. The van der Waals surface area contributed by atoms with Gasteiger partial charge in [-0.3, -0.25) is 0 Å². The third-order valence-corrected chi connectivity index (χ3v) is 31.9. The summed E-state index contributed by atoms with van der Waals surface area (Å²) < 4.78 is 10.2. The van der Waals surface area contributed by atoms with Gasteiger partial charge in [-0.2, -0.15) is 10.0 Å². The number of fused-ring (bicyclic) bond motifs is 9. The Morgan fingerprint density at radius 1 is 0.277 bits per heavy atom. The monoisotopic (exact) mass is 1250 g/mol. The number of hydrogen-bond acceptors (Lipinski definition) is 6. The molecule has 1 aliphatic heterocycles. The topological polar surface area (TPSA) is 0 Å². The summed E-state index contributed by atoms with van der Waals surface area (Å²) >= 11 is 13.5. The summed E-state index contributed by atoms with van der Waals surface area (Å²) in [7, 11) is -1.24. The van der Waals surface area contributed by atoms with E-state index in [1.165, 1.54) is 299 Å². The molecule has 0 fully saturated rings. The van der Waals surface area contributed by atoms with Crippen molar-refractivity contribution in [3.63, 3.8) is 0 Å². The first kappa shape index (κ1) is 67.7. The highest BCUT2D eigenvalue weighted by molar-refractivity contribution is 8.34. The van der Waals surface area contributed by atoms with E-state index in [4.69, 9.17) is 0 Å². The Morgan fingerprint density at radius 3 is 1.05 bits per heavy atom. The maximum Gasteiger partial charge on any atom is 0.0599 e. The molecule has 83 heavy (non-hydrogen) atoms. The van der Waals surface area contributed by atoms with E-state index in [0.717, 1.165) is 0 Å². The second kappa shape index (κ2) is 36.5. The highest BCUT2D eigenvalue weighted by atomic mass is 32.3. The highest BCUT2D eigenvalue weighted by Gasteiger charge is 2.46. The normalized spacial score (nSPS) is 13.6. The summed E-state index contributed by atoms with van der Waals surface area (Å²) in [5, 5.41) is 3.27. The predicted molar refractivity (Wildman–Crippen MR) is 391 cm³/mol. The molecule has 1 aromatic carbocycles. The molecular formula is C76H118S7. The van der Waals surface area contributed by atoms with Gasteiger partial charge in [-0.25, -0.2) is 0 Å². The SMILES string of the molecule is CCCCCCCCCCCCc1c2cc(-c3sc4c5c(sc4c3CCCCCC)-c3sc4c(CCCCCC)c(C)sc4c3S5(CCCCCCCC)CCCCCCCC)sc2c(CCCCCCCCCCCC)c2cc(C)sc12. The number of rotatable bonds is 47. The lowest BCUT2D eigenvalue weighted by Gasteiger charge is -2.38. The highest BCUT2D eigenvalue weighted by Crippen LogP contribution is 2.80. The summed E-state index contributed by atoms with van der Waals surface area (Å²) in [4.78, 5) is 13.7. The van der Waals surface area contributed by atoms with Crippen LogP contribution in [0.4, 0.5) is 0 Å². The zero-order chi connectivity index (χ0) is 58.2. The summed E-state index contributed by atoms with van der Waals surface area (Å²) in [5.41, 5.74) is 6.89. The Morgan fingerprint density at radius 2 is 0.602 bits per heavy atom. The molecule has 8 rings (SSSR count). The van der Waals surface area contributed by atoms with Gasteiger partial charge in [0.15, 0.2) is 0 Å². The quantitative estimate of drug-likeness (QED) is 0.0334. The number of benzene rings is 1. The summed E-state index contributed by atoms with van der Waals surface area (Å²) in [6.45, 7) is 19.1. The summed E-state index contributed by atoms with van der Waals surface area (Å²) in [6.07, 6.45) is 60.4. The lowest BCUT2D eigenvalue weighted by Crippen LogP contribution is -2.09. The van der Waals surface area contributed by atoms with E-state index in [-0.39, 0.29) is 0 Å². The van der Waals surface area contributed by atoms with Crippen LogP contribution in [0, 0.1) is 13.8 Å². The molecule has 0 nitrogen and oxygen atoms in total. The number of unbranched alkanes of at least 4 members (excludes halogenated alkanes) is 34. The first-order valence-corrected chi connectivity index (χ1v) is 42.6. The second-order valence-corrected chi connectivity index (χ2v) is 36.1. The predicted octanol–water partition coefficient (Wildman–Crippen LogP) is 30.0. The van der Waals surface area contributed by atoms with Crippen LogP contribution in [0.3, 0.4) is 0 Å². The van der Waals surface area contributed by atoms with Crippen molar-refractivity contribution in [1.82, 2.24) is 0 Å². The summed E-state index contributed by atoms with van der Waals surface area (Å²) in [5.74, 6) is 2.83. The zero-order valence-electron chi connectivity index (χ0n) is 54.5. The van der Waals surface area contributed by atoms with Crippen molar-refractivity contribution >= 4 is 117 Å². The molecule has 0 aliphatic carbocycles. The van der Waals surface area contributed by atoms with Gasteiger partial charge in [-0.05, 0) is 135 Å². The number of hydrogen-bond donors (Lipinski definition) is 0. The number of aryl methyl sites for hydroxylation is 6. The van der Waals surface area contributed by atoms with Crippen LogP contribution in [0.15, 0.2) is 21.9 Å². The van der Waals surface area contributed by atoms with E-state index >= 15 is 0 Å². The fourth-order valence-corrected chi connectivity index (χ4v) is 29.5. The van der Waals surface area contributed by atoms with Crippen molar-refractivity contribution in [2.24, 2.45) is 0 Å². The van der Waals surface area contributed by atoms with Crippen LogP contribution in [0.1, 0.15) is 330 Å². The Balaban J connectivity index is 1.23. The van der Waals surface area contributed by atoms with Crippen molar-refractivity contribution < 1.29 is 0 Å². The molecule has 0 saturated heterocycles. The fraction of sp³-hybridized carbons (Fsp3) is 0.711. The Labute approximate surface area is 535 Å². The fourth-order valence-electron chi connectivity index (χ4n) is 14.3. The van der Waals surface area contributed by atoms with Crippen molar-refractivity contribution in [1.29, 1.82) is 0 Å². The Kier molecular flexibility index (Phi) is 29.8.